The highest BCUT2D eigenvalue weighted by atomic mass is 16.2. The van der Waals surface area contributed by atoms with E-state index in [0.717, 1.165) is 22.2 Å². The summed E-state index contributed by atoms with van der Waals surface area (Å²) in [6, 6.07) is 17.3. The Morgan fingerprint density at radius 2 is 1.68 bits per heavy atom. The highest BCUT2D eigenvalue weighted by Crippen LogP contribution is 2.50. The fourth-order valence-electron chi connectivity index (χ4n) is 4.53. The number of imide groups is 1. The Balaban J connectivity index is 1.71. The summed E-state index contributed by atoms with van der Waals surface area (Å²) in [7, 11) is 0. The van der Waals surface area contributed by atoms with Gasteiger partial charge >= 0.3 is 0 Å². The number of carbonyl (C=O) groups excluding carboxylic acids is 2. The second kappa shape index (κ2) is 5.06. The van der Waals surface area contributed by atoms with Crippen LogP contribution in [0, 0.1) is 5.92 Å². The maximum absolute atomic E-state index is 13.3. The first kappa shape index (κ1) is 14.5. The van der Waals surface area contributed by atoms with Crippen molar-refractivity contribution in [1.82, 2.24) is 4.98 Å². The van der Waals surface area contributed by atoms with Crippen molar-refractivity contribution in [2.24, 2.45) is 5.92 Å². The first-order valence-corrected chi connectivity index (χ1v) is 8.70. The summed E-state index contributed by atoms with van der Waals surface area (Å²) in [5.74, 6) is -0.580. The highest BCUT2D eigenvalue weighted by Gasteiger charge is 2.53. The number of para-hydroxylation sites is 2. The van der Waals surface area contributed by atoms with E-state index in [1.54, 1.807) is 0 Å². The van der Waals surface area contributed by atoms with Gasteiger partial charge in [-0.1, -0.05) is 43.3 Å². The van der Waals surface area contributed by atoms with Crippen LogP contribution < -0.4 is 4.90 Å². The van der Waals surface area contributed by atoms with Crippen LogP contribution in [0.5, 0.6) is 0 Å². The maximum Gasteiger partial charge on any atom is 0.242 e. The molecule has 3 aromatic rings. The standard InChI is InChI=1S/C21H18N2O2/c1-12-11-15-18(17-14-9-5-6-10-16(14)22-19(12)17)21(25)23(20(15)24)13-7-3-2-4-8-13/h2-10,12,15,18,22H,11H2,1H3/t12-,15+,18+/m1/s1. The van der Waals surface area contributed by atoms with Gasteiger partial charge in [0.2, 0.25) is 11.8 Å². The molecule has 1 fully saturated rings. The third-order valence-electron chi connectivity index (χ3n) is 5.63. The van der Waals surface area contributed by atoms with Crippen LogP contribution in [0.1, 0.15) is 36.4 Å². The predicted octanol–water partition coefficient (Wildman–Crippen LogP) is 3.95. The van der Waals surface area contributed by atoms with Gasteiger partial charge in [-0.2, -0.15) is 0 Å². The molecule has 5 rings (SSSR count). The Morgan fingerprint density at radius 1 is 0.960 bits per heavy atom. The Kier molecular flexibility index (Phi) is 2.93. The minimum Gasteiger partial charge on any atom is -0.358 e. The first-order chi connectivity index (χ1) is 12.2. The van der Waals surface area contributed by atoms with Gasteiger partial charge in [-0.15, -0.1) is 0 Å². The number of rotatable bonds is 1. The summed E-state index contributed by atoms with van der Waals surface area (Å²) < 4.78 is 0. The quantitative estimate of drug-likeness (QED) is 0.687. The van der Waals surface area contributed by atoms with Gasteiger partial charge in [-0.05, 0) is 36.1 Å². The summed E-state index contributed by atoms with van der Waals surface area (Å²) in [4.78, 5) is 31.2. The number of aromatic nitrogens is 1. The molecule has 1 aliphatic heterocycles. The van der Waals surface area contributed by atoms with Crippen molar-refractivity contribution in [3.8, 4) is 0 Å². The molecule has 1 aliphatic carbocycles. The van der Waals surface area contributed by atoms with Crippen LogP contribution in [-0.2, 0) is 9.59 Å². The Hall–Kier alpha value is -2.88. The number of fused-ring (bicyclic) bond motifs is 5. The lowest BCUT2D eigenvalue weighted by Crippen LogP contribution is -2.30. The molecule has 2 amide bonds. The minimum atomic E-state index is -0.380. The summed E-state index contributed by atoms with van der Waals surface area (Å²) in [5.41, 5.74) is 3.84. The van der Waals surface area contributed by atoms with Gasteiger partial charge in [-0.25, -0.2) is 4.90 Å². The average Bonchev–Trinajstić information content (AvgIpc) is 3.13. The van der Waals surface area contributed by atoms with Gasteiger partial charge in [0, 0.05) is 16.6 Å². The van der Waals surface area contributed by atoms with Gasteiger partial charge in [0.1, 0.15) is 0 Å². The van der Waals surface area contributed by atoms with Crippen LogP contribution in [0.4, 0.5) is 5.69 Å². The van der Waals surface area contributed by atoms with Crippen molar-refractivity contribution < 1.29 is 9.59 Å². The molecular formula is C21H18N2O2. The molecule has 1 N–H and O–H groups in total. The van der Waals surface area contributed by atoms with E-state index in [0.29, 0.717) is 12.1 Å². The number of nitrogens with zero attached hydrogens (tertiary/aromatic N) is 1. The number of hydrogen-bond donors (Lipinski definition) is 1. The zero-order chi connectivity index (χ0) is 17.1. The van der Waals surface area contributed by atoms with E-state index in [1.165, 1.54) is 4.90 Å². The summed E-state index contributed by atoms with van der Waals surface area (Å²) in [5, 5.41) is 1.06. The van der Waals surface area contributed by atoms with Crippen LogP contribution in [-0.4, -0.2) is 16.8 Å². The van der Waals surface area contributed by atoms with Crippen molar-refractivity contribution in [2.45, 2.75) is 25.2 Å². The normalized spacial score (nSPS) is 25.3. The molecule has 2 heterocycles. The number of anilines is 1. The second-order valence-electron chi connectivity index (χ2n) is 7.07. The average molecular weight is 330 g/mol. The topological polar surface area (TPSA) is 53.2 Å². The number of nitrogens with one attached hydrogen (secondary N) is 1. The van der Waals surface area contributed by atoms with E-state index in [2.05, 4.69) is 11.9 Å². The zero-order valence-electron chi connectivity index (χ0n) is 13.9. The van der Waals surface area contributed by atoms with E-state index in [1.807, 2.05) is 54.6 Å². The number of carbonyl (C=O) groups is 2. The van der Waals surface area contributed by atoms with Gasteiger partial charge in [0.15, 0.2) is 0 Å². The largest absolute Gasteiger partial charge is 0.358 e. The van der Waals surface area contributed by atoms with E-state index in [9.17, 15) is 9.59 Å². The van der Waals surface area contributed by atoms with E-state index in [4.69, 9.17) is 0 Å². The first-order valence-electron chi connectivity index (χ1n) is 8.70. The third-order valence-corrected chi connectivity index (χ3v) is 5.63. The van der Waals surface area contributed by atoms with Crippen LogP contribution >= 0.6 is 0 Å². The maximum atomic E-state index is 13.3. The molecule has 0 saturated carbocycles. The molecule has 0 bridgehead atoms. The number of amides is 2. The molecule has 1 saturated heterocycles. The SMILES string of the molecule is C[C@@H]1C[C@@H]2C(=O)N(c3ccccc3)C(=O)[C@@H]2c2c1[nH]c1ccccc21. The van der Waals surface area contributed by atoms with Gasteiger partial charge in [-0.3, -0.25) is 9.59 Å². The molecule has 4 nitrogen and oxygen atoms in total. The van der Waals surface area contributed by atoms with Gasteiger partial charge in [0.05, 0.1) is 17.5 Å². The van der Waals surface area contributed by atoms with Crippen molar-refractivity contribution in [1.29, 1.82) is 0 Å². The van der Waals surface area contributed by atoms with Crippen molar-refractivity contribution >= 4 is 28.4 Å². The highest BCUT2D eigenvalue weighted by molar-refractivity contribution is 6.24. The summed E-state index contributed by atoms with van der Waals surface area (Å²) in [6.45, 7) is 2.13. The summed E-state index contributed by atoms with van der Waals surface area (Å²) in [6.07, 6.45) is 0.707. The molecular weight excluding hydrogens is 312 g/mol. The molecule has 3 atom stereocenters. The van der Waals surface area contributed by atoms with Gasteiger partial charge < -0.3 is 4.98 Å². The van der Waals surface area contributed by atoms with Crippen molar-refractivity contribution in [3.63, 3.8) is 0 Å². The monoisotopic (exact) mass is 330 g/mol. The minimum absolute atomic E-state index is 0.0658. The lowest BCUT2D eigenvalue weighted by Gasteiger charge is -2.27. The Bertz CT molecular complexity index is 1010. The van der Waals surface area contributed by atoms with E-state index < -0.39 is 0 Å². The van der Waals surface area contributed by atoms with Crippen molar-refractivity contribution in [3.05, 3.63) is 65.9 Å². The fourth-order valence-corrected chi connectivity index (χ4v) is 4.53. The molecule has 0 unspecified atom stereocenters. The number of hydrogen-bond acceptors (Lipinski definition) is 2. The number of H-pyrrole nitrogens is 1. The van der Waals surface area contributed by atoms with E-state index in [-0.39, 0.29) is 29.6 Å². The fraction of sp³-hybridized carbons (Fsp3) is 0.238. The van der Waals surface area contributed by atoms with Crippen LogP contribution in [0.15, 0.2) is 54.6 Å². The summed E-state index contributed by atoms with van der Waals surface area (Å²) >= 11 is 0. The van der Waals surface area contributed by atoms with Gasteiger partial charge in [0.25, 0.3) is 0 Å². The molecule has 4 heteroatoms. The van der Waals surface area contributed by atoms with Crippen molar-refractivity contribution in [2.75, 3.05) is 4.90 Å². The molecule has 2 aromatic carbocycles. The molecule has 124 valence electrons. The van der Waals surface area contributed by atoms with Crippen LogP contribution in [0.3, 0.4) is 0 Å². The van der Waals surface area contributed by atoms with E-state index >= 15 is 0 Å². The lowest BCUT2D eigenvalue weighted by molar-refractivity contribution is -0.122. The molecule has 2 aliphatic rings. The lowest BCUT2D eigenvalue weighted by atomic mass is 9.74. The molecule has 1 aromatic heterocycles. The predicted molar refractivity (Wildman–Crippen MR) is 96.5 cm³/mol. The number of aromatic amines is 1. The Labute approximate surface area is 145 Å². The molecule has 0 radical (unpaired) electrons. The Morgan fingerprint density at radius 3 is 2.48 bits per heavy atom. The number of benzene rings is 2. The second-order valence-corrected chi connectivity index (χ2v) is 7.07. The van der Waals surface area contributed by atoms with Crippen LogP contribution in [0.2, 0.25) is 0 Å². The molecule has 25 heavy (non-hydrogen) atoms. The third kappa shape index (κ3) is 1.88. The van der Waals surface area contributed by atoms with Crippen LogP contribution in [0.25, 0.3) is 10.9 Å². The zero-order valence-corrected chi connectivity index (χ0v) is 13.9. The smallest absolute Gasteiger partial charge is 0.242 e. The molecule has 0 spiro atoms.